The lowest BCUT2D eigenvalue weighted by Crippen LogP contribution is -2.36. The van der Waals surface area contributed by atoms with Crippen LogP contribution in [0.4, 0.5) is 0 Å². The van der Waals surface area contributed by atoms with E-state index in [-0.39, 0.29) is 17.9 Å². The van der Waals surface area contributed by atoms with Crippen molar-refractivity contribution in [2.24, 2.45) is 0 Å². The van der Waals surface area contributed by atoms with Gasteiger partial charge in [0.05, 0.1) is 6.04 Å². The van der Waals surface area contributed by atoms with Crippen LogP contribution >= 0.6 is 0 Å². The lowest BCUT2D eigenvalue weighted by Gasteiger charge is -2.18. The van der Waals surface area contributed by atoms with E-state index in [0.717, 1.165) is 10.9 Å². The highest BCUT2D eigenvalue weighted by atomic mass is 16.2. The monoisotopic (exact) mass is 306 g/mol. The molecule has 0 aromatic heterocycles. The van der Waals surface area contributed by atoms with Crippen LogP contribution < -0.4 is 5.32 Å². The summed E-state index contributed by atoms with van der Waals surface area (Å²) in [6, 6.07) is 14.1. The summed E-state index contributed by atoms with van der Waals surface area (Å²) in [6.45, 7) is 2.71. The highest BCUT2D eigenvalue weighted by Gasteiger charge is 2.30. The second-order valence-electron chi connectivity index (χ2n) is 5.66. The fourth-order valence-corrected chi connectivity index (χ4v) is 2.99. The molecule has 1 fully saturated rings. The Hall–Kier alpha value is -2.80. The van der Waals surface area contributed by atoms with Crippen molar-refractivity contribution in [3.05, 3.63) is 48.0 Å². The first-order chi connectivity index (χ1) is 11.2. The molecule has 1 aliphatic rings. The number of hydrogen-bond acceptors (Lipinski definition) is 2. The Morgan fingerprint density at radius 1 is 1.26 bits per heavy atom. The molecule has 4 nitrogen and oxygen atoms in total. The summed E-state index contributed by atoms with van der Waals surface area (Å²) in [6.07, 6.45) is 0.335. The molecule has 1 atom stereocenters. The Labute approximate surface area is 135 Å². The first kappa shape index (κ1) is 15.1. The first-order valence-electron chi connectivity index (χ1n) is 7.65. The van der Waals surface area contributed by atoms with Gasteiger partial charge in [-0.2, -0.15) is 0 Å². The highest BCUT2D eigenvalue weighted by molar-refractivity contribution is 5.94. The highest BCUT2D eigenvalue weighted by Crippen LogP contribution is 2.22. The Balaban J connectivity index is 1.73. The van der Waals surface area contributed by atoms with E-state index < -0.39 is 0 Å². The maximum Gasteiger partial charge on any atom is 0.296 e. The summed E-state index contributed by atoms with van der Waals surface area (Å²) in [5.74, 6) is 4.75. The molecular weight excluding hydrogens is 288 g/mol. The van der Waals surface area contributed by atoms with Gasteiger partial charge in [0.1, 0.15) is 0 Å². The van der Waals surface area contributed by atoms with Gasteiger partial charge in [0.15, 0.2) is 0 Å². The molecule has 0 bridgehead atoms. The number of hydrogen-bond donors (Lipinski definition) is 1. The normalized spacial score (nSPS) is 17.0. The SMILES string of the molecule is CC#CC(=O)N[C@@H]1CC(=O)N(Cc2cccc3ccccc23)C1. The molecule has 1 N–H and O–H groups in total. The predicted molar refractivity (Wildman–Crippen MR) is 89.4 cm³/mol. The van der Waals surface area contributed by atoms with Crippen molar-refractivity contribution >= 4 is 22.6 Å². The molecule has 0 aliphatic carbocycles. The third kappa shape index (κ3) is 3.35. The minimum Gasteiger partial charge on any atom is -0.340 e. The van der Waals surface area contributed by atoms with E-state index in [1.807, 2.05) is 24.3 Å². The van der Waals surface area contributed by atoms with Crippen LogP contribution in [0.2, 0.25) is 0 Å². The van der Waals surface area contributed by atoms with Crippen molar-refractivity contribution in [2.75, 3.05) is 6.54 Å². The molecule has 0 saturated carbocycles. The number of likely N-dealkylation sites (tertiary alicyclic amines) is 1. The minimum absolute atomic E-state index is 0.0627. The van der Waals surface area contributed by atoms with Crippen LogP contribution in [0.25, 0.3) is 10.8 Å². The zero-order valence-corrected chi connectivity index (χ0v) is 13.0. The van der Waals surface area contributed by atoms with Crippen LogP contribution in [0.15, 0.2) is 42.5 Å². The van der Waals surface area contributed by atoms with Crippen molar-refractivity contribution in [1.82, 2.24) is 10.2 Å². The Kier molecular flexibility index (Phi) is 4.29. The Morgan fingerprint density at radius 3 is 2.87 bits per heavy atom. The van der Waals surface area contributed by atoms with E-state index in [2.05, 4.69) is 35.4 Å². The van der Waals surface area contributed by atoms with Gasteiger partial charge in [0, 0.05) is 19.5 Å². The van der Waals surface area contributed by atoms with Gasteiger partial charge in [-0.15, -0.1) is 0 Å². The summed E-state index contributed by atoms with van der Waals surface area (Å²) in [5, 5.41) is 5.11. The number of amides is 2. The van der Waals surface area contributed by atoms with E-state index in [0.29, 0.717) is 19.5 Å². The molecule has 4 heteroatoms. The molecule has 0 unspecified atom stereocenters. The molecule has 2 aromatic rings. The summed E-state index contributed by atoms with van der Waals surface area (Å²) in [4.78, 5) is 25.5. The van der Waals surface area contributed by atoms with Crippen LogP contribution in [0, 0.1) is 11.8 Å². The number of carbonyl (C=O) groups excluding carboxylic acids is 2. The minimum atomic E-state index is -0.322. The molecule has 3 rings (SSSR count). The van der Waals surface area contributed by atoms with Crippen molar-refractivity contribution in [2.45, 2.75) is 25.9 Å². The molecule has 1 saturated heterocycles. The quantitative estimate of drug-likeness (QED) is 0.883. The van der Waals surface area contributed by atoms with E-state index in [4.69, 9.17) is 0 Å². The van der Waals surface area contributed by atoms with Gasteiger partial charge in [-0.25, -0.2) is 0 Å². The van der Waals surface area contributed by atoms with Gasteiger partial charge in [-0.05, 0) is 29.2 Å². The average molecular weight is 306 g/mol. The molecular formula is C19H18N2O2. The number of carbonyl (C=O) groups is 2. The van der Waals surface area contributed by atoms with Gasteiger partial charge < -0.3 is 10.2 Å². The second-order valence-corrected chi connectivity index (χ2v) is 5.66. The number of rotatable bonds is 3. The van der Waals surface area contributed by atoms with E-state index in [9.17, 15) is 9.59 Å². The van der Waals surface area contributed by atoms with Crippen LogP contribution in [-0.4, -0.2) is 29.3 Å². The molecule has 116 valence electrons. The standard InChI is InChI=1S/C19H18N2O2/c1-2-6-18(22)20-16-11-19(23)21(13-16)12-15-9-5-8-14-7-3-4-10-17(14)15/h3-5,7-10,16H,11-13H2,1H3,(H,20,22)/t16-/m1/s1. The smallest absolute Gasteiger partial charge is 0.296 e. The van der Waals surface area contributed by atoms with Gasteiger partial charge in [0.25, 0.3) is 5.91 Å². The van der Waals surface area contributed by atoms with E-state index >= 15 is 0 Å². The lowest BCUT2D eigenvalue weighted by molar-refractivity contribution is -0.128. The molecule has 2 aromatic carbocycles. The van der Waals surface area contributed by atoms with Crippen molar-refractivity contribution < 1.29 is 9.59 Å². The number of fused-ring (bicyclic) bond motifs is 1. The third-order valence-corrected chi connectivity index (χ3v) is 4.03. The number of benzene rings is 2. The zero-order chi connectivity index (χ0) is 16.2. The van der Waals surface area contributed by atoms with Gasteiger partial charge in [-0.1, -0.05) is 48.4 Å². The summed E-state index contributed by atoms with van der Waals surface area (Å²) < 4.78 is 0. The van der Waals surface area contributed by atoms with Crippen LogP contribution in [0.5, 0.6) is 0 Å². The topological polar surface area (TPSA) is 49.4 Å². The average Bonchev–Trinajstić information content (AvgIpc) is 2.87. The fraction of sp³-hybridized carbons (Fsp3) is 0.263. The molecule has 0 radical (unpaired) electrons. The van der Waals surface area contributed by atoms with Gasteiger partial charge in [0.2, 0.25) is 5.91 Å². The third-order valence-electron chi connectivity index (χ3n) is 4.03. The summed E-state index contributed by atoms with van der Waals surface area (Å²) in [7, 11) is 0. The fourth-order valence-electron chi connectivity index (χ4n) is 2.99. The number of nitrogens with zero attached hydrogens (tertiary/aromatic N) is 1. The van der Waals surface area contributed by atoms with Crippen LogP contribution in [-0.2, 0) is 16.1 Å². The maximum absolute atomic E-state index is 12.2. The first-order valence-corrected chi connectivity index (χ1v) is 7.65. The van der Waals surface area contributed by atoms with E-state index in [1.54, 1.807) is 11.8 Å². The second kappa shape index (κ2) is 6.53. The number of nitrogens with one attached hydrogen (secondary N) is 1. The Morgan fingerprint density at radius 2 is 2.04 bits per heavy atom. The van der Waals surface area contributed by atoms with Gasteiger partial charge in [-0.3, -0.25) is 9.59 Å². The predicted octanol–water partition coefficient (Wildman–Crippen LogP) is 2.08. The zero-order valence-electron chi connectivity index (χ0n) is 13.0. The molecule has 1 heterocycles. The van der Waals surface area contributed by atoms with Crippen molar-refractivity contribution in [3.8, 4) is 11.8 Å². The summed E-state index contributed by atoms with van der Waals surface area (Å²) in [5.41, 5.74) is 1.12. The molecule has 23 heavy (non-hydrogen) atoms. The van der Waals surface area contributed by atoms with Gasteiger partial charge >= 0.3 is 0 Å². The summed E-state index contributed by atoms with van der Waals surface area (Å²) >= 11 is 0. The molecule has 2 amide bonds. The largest absolute Gasteiger partial charge is 0.340 e. The Bertz CT molecular complexity index is 811. The van der Waals surface area contributed by atoms with E-state index in [1.165, 1.54) is 5.39 Å². The lowest BCUT2D eigenvalue weighted by atomic mass is 10.0. The van der Waals surface area contributed by atoms with Crippen LogP contribution in [0.3, 0.4) is 0 Å². The van der Waals surface area contributed by atoms with Crippen LogP contribution in [0.1, 0.15) is 18.9 Å². The molecule has 1 aliphatic heterocycles. The maximum atomic E-state index is 12.2. The molecule has 0 spiro atoms. The van der Waals surface area contributed by atoms with Crippen molar-refractivity contribution in [3.63, 3.8) is 0 Å². The van der Waals surface area contributed by atoms with Crippen molar-refractivity contribution in [1.29, 1.82) is 0 Å².